The van der Waals surface area contributed by atoms with Gasteiger partial charge >= 0.3 is 6.09 Å². The van der Waals surface area contributed by atoms with Gasteiger partial charge in [0.1, 0.15) is 5.60 Å². The normalized spacial score (nSPS) is 15.8. The van der Waals surface area contributed by atoms with Crippen LogP contribution in [0.1, 0.15) is 50.9 Å². The molecule has 1 unspecified atom stereocenters. The van der Waals surface area contributed by atoms with Crippen molar-refractivity contribution in [1.29, 1.82) is 0 Å². The smallest absolute Gasteiger partial charge is 0.412 e. The van der Waals surface area contributed by atoms with Gasteiger partial charge in [0.2, 0.25) is 0 Å². The van der Waals surface area contributed by atoms with E-state index in [4.69, 9.17) is 4.74 Å². The van der Waals surface area contributed by atoms with Crippen molar-refractivity contribution in [2.45, 2.75) is 52.2 Å². The number of carbonyl (C=O) groups excluding carboxylic acids is 2. The summed E-state index contributed by atoms with van der Waals surface area (Å²) in [7, 11) is 0. The van der Waals surface area contributed by atoms with Crippen LogP contribution in [-0.4, -0.2) is 23.6 Å². The van der Waals surface area contributed by atoms with Gasteiger partial charge in [0.15, 0.2) is 0 Å². The van der Waals surface area contributed by atoms with Crippen molar-refractivity contribution in [2.75, 3.05) is 5.32 Å². The van der Waals surface area contributed by atoms with Crippen LogP contribution >= 0.6 is 0 Å². The van der Waals surface area contributed by atoms with E-state index in [0.717, 1.165) is 0 Å². The Kier molecular flexibility index (Phi) is 4.74. The number of benzene rings is 1. The third-order valence-corrected chi connectivity index (χ3v) is 3.46. The summed E-state index contributed by atoms with van der Waals surface area (Å²) in [6, 6.07) is 7.04. The molecule has 2 rings (SSSR count). The summed E-state index contributed by atoms with van der Waals surface area (Å²) >= 11 is 0. The molecule has 22 heavy (non-hydrogen) atoms. The van der Waals surface area contributed by atoms with Crippen molar-refractivity contribution < 1.29 is 14.3 Å². The summed E-state index contributed by atoms with van der Waals surface area (Å²) in [5, 5.41) is 5.64. The van der Waals surface area contributed by atoms with Crippen LogP contribution in [0.3, 0.4) is 0 Å². The average molecular weight is 304 g/mol. The largest absolute Gasteiger partial charge is 0.444 e. The molecule has 1 aromatic carbocycles. The Morgan fingerprint density at radius 1 is 1.27 bits per heavy atom. The summed E-state index contributed by atoms with van der Waals surface area (Å²) in [6.45, 7) is 7.43. The van der Waals surface area contributed by atoms with Crippen molar-refractivity contribution in [1.82, 2.24) is 5.32 Å². The van der Waals surface area contributed by atoms with Gasteiger partial charge in [0, 0.05) is 17.3 Å². The molecule has 1 saturated carbocycles. The van der Waals surface area contributed by atoms with Gasteiger partial charge < -0.3 is 10.1 Å². The molecule has 0 aromatic heterocycles. The number of nitrogens with one attached hydrogen (secondary N) is 2. The molecule has 2 amide bonds. The second kappa shape index (κ2) is 6.38. The lowest BCUT2D eigenvalue weighted by molar-refractivity contribution is 0.0635. The summed E-state index contributed by atoms with van der Waals surface area (Å²) in [6.07, 6.45) is 1.83. The monoisotopic (exact) mass is 304 g/mol. The van der Waals surface area contributed by atoms with E-state index in [0.29, 0.717) is 17.2 Å². The minimum Gasteiger partial charge on any atom is -0.444 e. The second-order valence-corrected chi connectivity index (χ2v) is 6.81. The highest BCUT2D eigenvalue weighted by Crippen LogP contribution is 2.32. The van der Waals surface area contributed by atoms with Gasteiger partial charge in [-0.05, 0) is 64.7 Å². The van der Waals surface area contributed by atoms with E-state index >= 15 is 0 Å². The fraction of sp³-hybridized carbons (Fsp3) is 0.529. The van der Waals surface area contributed by atoms with Crippen molar-refractivity contribution in [3.63, 3.8) is 0 Å². The quantitative estimate of drug-likeness (QED) is 0.893. The first-order chi connectivity index (χ1) is 10.2. The zero-order valence-electron chi connectivity index (χ0n) is 13.6. The molecule has 5 nitrogen and oxygen atoms in total. The van der Waals surface area contributed by atoms with Gasteiger partial charge in [0.05, 0.1) is 0 Å². The summed E-state index contributed by atoms with van der Waals surface area (Å²) in [5.41, 5.74) is 0.515. The summed E-state index contributed by atoms with van der Waals surface area (Å²) in [4.78, 5) is 23.9. The number of amides is 2. The number of rotatable bonds is 4. The molecule has 1 atom stereocenters. The average Bonchev–Trinajstić information content (AvgIpc) is 3.20. The maximum atomic E-state index is 12.2. The number of carbonyl (C=O) groups is 2. The molecule has 0 bridgehead atoms. The fourth-order valence-corrected chi connectivity index (χ4v) is 2.16. The SMILES string of the molecule is CC(NC(=O)c1cccc(NC(=O)OC(C)(C)C)c1)C1CC1. The number of hydrogen-bond donors (Lipinski definition) is 2. The van der Waals surface area contributed by atoms with Crippen molar-refractivity contribution >= 4 is 17.7 Å². The predicted molar refractivity (Wildman–Crippen MR) is 86.0 cm³/mol. The molecular weight excluding hydrogens is 280 g/mol. The lowest BCUT2D eigenvalue weighted by atomic mass is 10.1. The van der Waals surface area contributed by atoms with Crippen LogP contribution in [-0.2, 0) is 4.74 Å². The lowest BCUT2D eigenvalue weighted by Crippen LogP contribution is -2.34. The maximum Gasteiger partial charge on any atom is 0.412 e. The Balaban J connectivity index is 1.96. The zero-order valence-corrected chi connectivity index (χ0v) is 13.6. The molecular formula is C17H24N2O3. The van der Waals surface area contributed by atoms with Gasteiger partial charge in [-0.3, -0.25) is 10.1 Å². The molecule has 1 aromatic rings. The topological polar surface area (TPSA) is 67.4 Å². The number of ether oxygens (including phenoxy) is 1. The molecule has 0 radical (unpaired) electrons. The zero-order chi connectivity index (χ0) is 16.3. The maximum absolute atomic E-state index is 12.2. The Morgan fingerprint density at radius 3 is 2.55 bits per heavy atom. The van der Waals surface area contributed by atoms with Crippen LogP contribution in [0, 0.1) is 5.92 Å². The molecule has 5 heteroatoms. The first kappa shape index (κ1) is 16.3. The Hall–Kier alpha value is -2.04. The van der Waals surface area contributed by atoms with E-state index in [1.165, 1.54) is 12.8 Å². The molecule has 0 spiro atoms. The Morgan fingerprint density at radius 2 is 1.95 bits per heavy atom. The Bertz CT molecular complexity index is 559. The van der Waals surface area contributed by atoms with Crippen LogP contribution in [0.25, 0.3) is 0 Å². The first-order valence-corrected chi connectivity index (χ1v) is 7.65. The molecule has 2 N–H and O–H groups in total. The van der Waals surface area contributed by atoms with Crippen molar-refractivity contribution in [3.8, 4) is 0 Å². The van der Waals surface area contributed by atoms with E-state index in [1.807, 2.05) is 6.92 Å². The van der Waals surface area contributed by atoms with Crippen LogP contribution < -0.4 is 10.6 Å². The molecule has 0 aliphatic heterocycles. The van der Waals surface area contributed by atoms with Crippen molar-refractivity contribution in [2.24, 2.45) is 5.92 Å². The minimum atomic E-state index is -0.557. The van der Waals surface area contributed by atoms with E-state index in [9.17, 15) is 9.59 Å². The van der Waals surface area contributed by atoms with E-state index in [-0.39, 0.29) is 11.9 Å². The number of hydrogen-bond acceptors (Lipinski definition) is 3. The fourth-order valence-electron chi connectivity index (χ4n) is 2.16. The summed E-state index contributed by atoms with van der Waals surface area (Å²) in [5.74, 6) is 0.485. The van der Waals surface area contributed by atoms with Crippen LogP contribution in [0.2, 0.25) is 0 Å². The molecule has 1 fully saturated rings. The van der Waals surface area contributed by atoms with Gasteiger partial charge in [-0.15, -0.1) is 0 Å². The van der Waals surface area contributed by atoms with E-state index < -0.39 is 11.7 Å². The Labute approximate surface area is 131 Å². The van der Waals surface area contributed by atoms with E-state index in [1.54, 1.807) is 45.0 Å². The van der Waals surface area contributed by atoms with Gasteiger partial charge in [-0.1, -0.05) is 6.07 Å². The standard InChI is InChI=1S/C17H24N2O3/c1-11(12-8-9-12)18-15(20)13-6-5-7-14(10-13)19-16(21)22-17(2,3)4/h5-7,10-12H,8-9H2,1-4H3,(H,18,20)(H,19,21). The molecule has 1 aliphatic rings. The van der Waals surface area contributed by atoms with Crippen LogP contribution in [0.15, 0.2) is 24.3 Å². The highest BCUT2D eigenvalue weighted by molar-refractivity contribution is 5.96. The van der Waals surface area contributed by atoms with E-state index in [2.05, 4.69) is 10.6 Å². The van der Waals surface area contributed by atoms with Crippen LogP contribution in [0.5, 0.6) is 0 Å². The lowest BCUT2D eigenvalue weighted by Gasteiger charge is -2.19. The first-order valence-electron chi connectivity index (χ1n) is 7.65. The third-order valence-electron chi connectivity index (χ3n) is 3.46. The minimum absolute atomic E-state index is 0.118. The van der Waals surface area contributed by atoms with Gasteiger partial charge in [-0.25, -0.2) is 4.79 Å². The molecule has 120 valence electrons. The van der Waals surface area contributed by atoms with Crippen LogP contribution in [0.4, 0.5) is 10.5 Å². The van der Waals surface area contributed by atoms with Crippen molar-refractivity contribution in [3.05, 3.63) is 29.8 Å². The van der Waals surface area contributed by atoms with Gasteiger partial charge in [0.25, 0.3) is 5.91 Å². The third kappa shape index (κ3) is 5.06. The molecule has 1 aliphatic carbocycles. The molecule has 0 heterocycles. The summed E-state index contributed by atoms with van der Waals surface area (Å²) < 4.78 is 5.20. The highest BCUT2D eigenvalue weighted by Gasteiger charge is 2.29. The van der Waals surface area contributed by atoms with Gasteiger partial charge in [-0.2, -0.15) is 0 Å². The molecule has 0 saturated heterocycles. The highest BCUT2D eigenvalue weighted by atomic mass is 16.6. The predicted octanol–water partition coefficient (Wildman–Crippen LogP) is 3.56. The number of anilines is 1. The second-order valence-electron chi connectivity index (χ2n) is 6.81.